The number of aromatic nitrogens is 1. The number of nitrogens with zero attached hydrogens (tertiary/aromatic N) is 1. The fraction of sp³-hybridized carbons (Fsp3) is 0.458. The smallest absolute Gasteiger partial charge is 0.205 e. The summed E-state index contributed by atoms with van der Waals surface area (Å²) in [4.78, 5) is 0. The molecule has 3 heteroatoms. The summed E-state index contributed by atoms with van der Waals surface area (Å²) < 4.78 is 7.72. The molecule has 0 aromatic carbocycles. The second-order valence-electron chi connectivity index (χ2n) is 8.81. The number of furan rings is 1. The van der Waals surface area contributed by atoms with E-state index in [1.54, 1.807) is 6.26 Å². The average molecular weight is 426 g/mol. The highest BCUT2D eigenvalue weighted by atomic mass is 79.9. The molecule has 0 atom stereocenters. The SMILES string of the molecule is C(=C\C12CC3CC(CC(C3)C1)C2)/C[n+]1ccccc1/C=C/c1ccco1.[Br-]. The van der Waals surface area contributed by atoms with Crippen LogP contribution in [0.3, 0.4) is 0 Å². The zero-order valence-corrected chi connectivity index (χ0v) is 17.4. The van der Waals surface area contributed by atoms with Gasteiger partial charge >= 0.3 is 0 Å². The van der Waals surface area contributed by atoms with Gasteiger partial charge in [-0.2, -0.15) is 4.57 Å². The van der Waals surface area contributed by atoms with Gasteiger partial charge in [-0.05, 0) is 92.0 Å². The number of allylic oxidation sites excluding steroid dienone is 2. The summed E-state index contributed by atoms with van der Waals surface area (Å²) in [6.07, 6.45) is 22.0. The van der Waals surface area contributed by atoms with Crippen molar-refractivity contribution in [1.29, 1.82) is 0 Å². The zero-order chi connectivity index (χ0) is 17.4. The summed E-state index contributed by atoms with van der Waals surface area (Å²) >= 11 is 0. The van der Waals surface area contributed by atoms with Crippen LogP contribution in [0.15, 0.2) is 59.4 Å². The number of pyridine rings is 1. The van der Waals surface area contributed by atoms with Crippen molar-refractivity contribution >= 4 is 12.2 Å². The molecule has 2 aromatic rings. The van der Waals surface area contributed by atoms with Crippen molar-refractivity contribution in [1.82, 2.24) is 0 Å². The summed E-state index contributed by atoms with van der Waals surface area (Å²) in [6, 6.07) is 10.3. The summed E-state index contributed by atoms with van der Waals surface area (Å²) in [6.45, 7) is 0.945. The van der Waals surface area contributed by atoms with E-state index in [0.29, 0.717) is 5.41 Å². The summed E-state index contributed by atoms with van der Waals surface area (Å²) in [5, 5.41) is 0. The summed E-state index contributed by atoms with van der Waals surface area (Å²) in [5.41, 5.74) is 1.73. The zero-order valence-electron chi connectivity index (χ0n) is 15.8. The second kappa shape index (κ2) is 7.79. The Balaban J connectivity index is 0.00000180. The molecule has 6 rings (SSSR count). The molecule has 2 heterocycles. The van der Waals surface area contributed by atoms with Crippen molar-refractivity contribution in [2.45, 2.75) is 45.1 Å². The van der Waals surface area contributed by atoms with Crippen molar-refractivity contribution in [3.63, 3.8) is 0 Å². The van der Waals surface area contributed by atoms with Crippen molar-refractivity contribution in [2.75, 3.05) is 0 Å². The van der Waals surface area contributed by atoms with E-state index in [0.717, 1.165) is 30.1 Å². The van der Waals surface area contributed by atoms with Crippen molar-refractivity contribution < 1.29 is 26.0 Å². The standard InChI is InChI=1S/C24H28NO.BrH/c1-2-10-25(22(5-1)7-8-23-6-3-12-26-23)11-4-9-24-16-19-13-20(17-24)15-21(14-19)18-24;/h1-10,12,19-21H,11,13-18H2;1H/q+1;/p-1/b8-7+,9-4+;. The molecule has 2 nitrogen and oxygen atoms in total. The van der Waals surface area contributed by atoms with Gasteiger partial charge in [-0.1, -0.05) is 6.08 Å². The monoisotopic (exact) mass is 425 g/mol. The Morgan fingerprint density at radius 2 is 1.70 bits per heavy atom. The van der Waals surface area contributed by atoms with Crippen LogP contribution in [0.1, 0.15) is 50.0 Å². The molecule has 0 N–H and O–H groups in total. The van der Waals surface area contributed by atoms with E-state index in [2.05, 4.69) is 47.2 Å². The first-order chi connectivity index (χ1) is 12.8. The van der Waals surface area contributed by atoms with Gasteiger partial charge in [-0.15, -0.1) is 0 Å². The fourth-order valence-corrected chi connectivity index (χ4v) is 6.16. The predicted octanol–water partition coefficient (Wildman–Crippen LogP) is 2.51. The van der Waals surface area contributed by atoms with Crippen molar-refractivity contribution in [2.24, 2.45) is 23.2 Å². The number of hydrogen-bond acceptors (Lipinski definition) is 1. The van der Waals surface area contributed by atoms with E-state index < -0.39 is 0 Å². The minimum Gasteiger partial charge on any atom is -1.00 e. The molecule has 0 amide bonds. The summed E-state index contributed by atoms with van der Waals surface area (Å²) in [7, 11) is 0. The van der Waals surface area contributed by atoms with Crippen LogP contribution >= 0.6 is 0 Å². The first-order valence-corrected chi connectivity index (χ1v) is 10.2. The van der Waals surface area contributed by atoms with Gasteiger partial charge in [-0.3, -0.25) is 0 Å². The number of rotatable bonds is 5. The van der Waals surface area contributed by atoms with E-state index in [-0.39, 0.29) is 17.0 Å². The molecule has 0 radical (unpaired) electrons. The minimum absolute atomic E-state index is 0. The van der Waals surface area contributed by atoms with Crippen LogP contribution in [0.25, 0.3) is 12.2 Å². The largest absolute Gasteiger partial charge is 1.00 e. The fourth-order valence-electron chi connectivity index (χ4n) is 6.16. The lowest BCUT2D eigenvalue weighted by Gasteiger charge is -2.55. The topological polar surface area (TPSA) is 17.0 Å². The lowest BCUT2D eigenvalue weighted by Crippen LogP contribution is -3.00. The molecule has 4 saturated carbocycles. The molecule has 0 unspecified atom stereocenters. The van der Waals surface area contributed by atoms with E-state index in [1.165, 1.54) is 44.2 Å². The predicted molar refractivity (Wildman–Crippen MR) is 104 cm³/mol. The van der Waals surface area contributed by atoms with Crippen LogP contribution in [0.2, 0.25) is 0 Å². The molecule has 4 aliphatic carbocycles. The molecule has 2 aromatic heterocycles. The van der Waals surface area contributed by atoms with E-state index in [1.807, 2.05) is 18.2 Å². The quantitative estimate of drug-likeness (QED) is 0.531. The van der Waals surface area contributed by atoms with Gasteiger partial charge in [-0.25, -0.2) is 0 Å². The molecular weight excluding hydrogens is 398 g/mol. The van der Waals surface area contributed by atoms with Crippen molar-refractivity contribution in [3.8, 4) is 0 Å². The van der Waals surface area contributed by atoms with Gasteiger partial charge in [0.25, 0.3) is 0 Å². The van der Waals surface area contributed by atoms with Gasteiger partial charge in [0.15, 0.2) is 12.7 Å². The van der Waals surface area contributed by atoms with Crippen LogP contribution in [-0.2, 0) is 6.54 Å². The van der Waals surface area contributed by atoms with E-state index in [4.69, 9.17) is 4.42 Å². The Hall–Kier alpha value is -1.61. The molecule has 0 spiro atoms. The maximum atomic E-state index is 5.40. The van der Waals surface area contributed by atoms with Gasteiger partial charge in [0, 0.05) is 18.2 Å². The molecule has 4 bridgehead atoms. The molecule has 27 heavy (non-hydrogen) atoms. The van der Waals surface area contributed by atoms with Crippen molar-refractivity contribution in [3.05, 3.63) is 66.4 Å². The minimum atomic E-state index is 0. The molecule has 4 aliphatic rings. The normalized spacial score (nSPS) is 31.6. The first-order valence-electron chi connectivity index (χ1n) is 10.2. The van der Waals surface area contributed by atoms with Crippen LogP contribution in [0.4, 0.5) is 0 Å². The Kier molecular flexibility index (Phi) is 5.41. The highest BCUT2D eigenvalue weighted by Gasteiger charge is 2.49. The Bertz CT molecular complexity index is 785. The first kappa shape index (κ1) is 18.7. The third-order valence-electron chi connectivity index (χ3n) is 6.80. The van der Waals surface area contributed by atoms with Gasteiger partial charge in [0.05, 0.1) is 6.26 Å². The second-order valence-corrected chi connectivity index (χ2v) is 8.81. The Morgan fingerprint density at radius 3 is 2.37 bits per heavy atom. The van der Waals surface area contributed by atoms with Crippen LogP contribution in [-0.4, -0.2) is 0 Å². The Labute approximate surface area is 172 Å². The highest BCUT2D eigenvalue weighted by Crippen LogP contribution is 2.60. The van der Waals surface area contributed by atoms with Gasteiger partial charge in [0.1, 0.15) is 5.76 Å². The van der Waals surface area contributed by atoms with Gasteiger partial charge < -0.3 is 21.4 Å². The Morgan fingerprint density at radius 1 is 0.963 bits per heavy atom. The van der Waals surface area contributed by atoms with Crippen LogP contribution in [0, 0.1) is 23.2 Å². The van der Waals surface area contributed by atoms with Crippen LogP contribution < -0.4 is 21.5 Å². The third-order valence-corrected chi connectivity index (χ3v) is 6.80. The molecular formula is C24H28BrNO. The number of halogens is 1. The lowest BCUT2D eigenvalue weighted by molar-refractivity contribution is -0.688. The molecule has 0 saturated heterocycles. The average Bonchev–Trinajstić information content (AvgIpc) is 3.13. The summed E-state index contributed by atoms with van der Waals surface area (Å²) in [5.74, 6) is 3.94. The molecule has 4 fully saturated rings. The van der Waals surface area contributed by atoms with E-state index in [9.17, 15) is 0 Å². The highest BCUT2D eigenvalue weighted by molar-refractivity contribution is 5.63. The maximum Gasteiger partial charge on any atom is 0.205 e. The van der Waals surface area contributed by atoms with Gasteiger partial charge in [0.2, 0.25) is 5.69 Å². The van der Waals surface area contributed by atoms with E-state index >= 15 is 0 Å². The third kappa shape index (κ3) is 3.99. The molecule has 0 aliphatic heterocycles. The van der Waals surface area contributed by atoms with Crippen LogP contribution in [0.5, 0.6) is 0 Å². The molecule has 142 valence electrons. The lowest BCUT2D eigenvalue weighted by atomic mass is 9.49. The number of hydrogen-bond donors (Lipinski definition) is 0. The maximum absolute atomic E-state index is 5.40.